The van der Waals surface area contributed by atoms with Crippen molar-refractivity contribution in [2.45, 2.75) is 46.3 Å². The zero-order valence-electron chi connectivity index (χ0n) is 15.4. The van der Waals surface area contributed by atoms with Crippen LogP contribution in [0, 0.1) is 5.92 Å². The summed E-state index contributed by atoms with van der Waals surface area (Å²) in [5.74, 6) is -2.73. The third-order valence-corrected chi connectivity index (χ3v) is 3.53. The maximum absolute atomic E-state index is 12.4. The largest absolute Gasteiger partial charge is 0.444 e. The summed E-state index contributed by atoms with van der Waals surface area (Å²) in [6, 6.07) is 5.08. The minimum Gasteiger partial charge on any atom is -0.444 e. The van der Waals surface area contributed by atoms with Crippen molar-refractivity contribution < 1.29 is 28.8 Å². The van der Waals surface area contributed by atoms with Gasteiger partial charge in [-0.2, -0.15) is 0 Å². The van der Waals surface area contributed by atoms with E-state index < -0.39 is 35.5 Å². The smallest absolute Gasteiger partial charge is 0.408 e. The number of carbonyl (C=O) groups is 4. The number of carbonyl (C=O) groups excluding carboxylic acids is 4. The number of ether oxygens (including phenoxy) is 1. The summed E-state index contributed by atoms with van der Waals surface area (Å²) in [6.45, 7) is 8.44. The minimum atomic E-state index is -1.09. The Balaban J connectivity index is 2.10. The number of hydrogen-bond donors (Lipinski definition) is 1. The Labute approximate surface area is 151 Å². The van der Waals surface area contributed by atoms with Crippen molar-refractivity contribution in [3.05, 3.63) is 35.4 Å². The summed E-state index contributed by atoms with van der Waals surface area (Å²) >= 11 is 0. The topological polar surface area (TPSA) is 102 Å². The lowest BCUT2D eigenvalue weighted by atomic mass is 10.1. The molecule has 1 aliphatic heterocycles. The van der Waals surface area contributed by atoms with Crippen molar-refractivity contribution in [2.24, 2.45) is 5.92 Å². The van der Waals surface area contributed by atoms with Gasteiger partial charge in [-0.05, 0) is 38.8 Å². The molecule has 0 bridgehead atoms. The number of nitrogens with zero attached hydrogens (tertiary/aromatic N) is 1. The Morgan fingerprint density at radius 3 is 1.96 bits per heavy atom. The first-order valence-electron chi connectivity index (χ1n) is 8.20. The molecule has 0 radical (unpaired) electrons. The third kappa shape index (κ3) is 4.19. The number of hydrogen-bond acceptors (Lipinski definition) is 6. The minimum absolute atomic E-state index is 0.159. The van der Waals surface area contributed by atoms with Crippen LogP contribution in [-0.4, -0.2) is 40.6 Å². The Hall–Kier alpha value is -2.90. The summed E-state index contributed by atoms with van der Waals surface area (Å²) in [5, 5.41) is 2.83. The molecule has 0 saturated carbocycles. The highest BCUT2D eigenvalue weighted by Gasteiger charge is 2.40. The van der Waals surface area contributed by atoms with Gasteiger partial charge in [0.15, 0.2) is 0 Å². The fourth-order valence-corrected chi connectivity index (χ4v) is 2.33. The average Bonchev–Trinajstić information content (AvgIpc) is 2.76. The summed E-state index contributed by atoms with van der Waals surface area (Å²) in [7, 11) is 0. The molecule has 3 amide bonds. The van der Waals surface area contributed by atoms with E-state index in [1.807, 2.05) is 0 Å². The van der Waals surface area contributed by atoms with E-state index in [1.165, 1.54) is 12.1 Å². The molecule has 0 unspecified atom stereocenters. The predicted molar refractivity (Wildman–Crippen MR) is 91.0 cm³/mol. The van der Waals surface area contributed by atoms with Crippen molar-refractivity contribution >= 4 is 23.9 Å². The lowest BCUT2D eigenvalue weighted by Crippen LogP contribution is -2.49. The van der Waals surface area contributed by atoms with Crippen molar-refractivity contribution in [3.63, 3.8) is 0 Å². The van der Waals surface area contributed by atoms with Crippen LogP contribution >= 0.6 is 0 Å². The molecule has 1 aromatic carbocycles. The standard InChI is InChI=1S/C18H22N2O6/c1-10(2)13(19-17(24)25-18(3,4)5)16(23)26-20-14(21)11-8-6-7-9-12(11)15(20)22/h6-10,13H,1-5H3,(H,19,24)/t13-/m1/s1. The van der Waals surface area contributed by atoms with Gasteiger partial charge in [0.1, 0.15) is 11.6 Å². The van der Waals surface area contributed by atoms with E-state index in [9.17, 15) is 19.2 Å². The van der Waals surface area contributed by atoms with E-state index in [-0.39, 0.29) is 17.0 Å². The molecular formula is C18H22N2O6. The maximum atomic E-state index is 12.4. The van der Waals surface area contributed by atoms with Crippen LogP contribution in [0.2, 0.25) is 0 Å². The molecule has 26 heavy (non-hydrogen) atoms. The van der Waals surface area contributed by atoms with E-state index >= 15 is 0 Å². The zero-order chi connectivity index (χ0) is 19.6. The number of hydroxylamine groups is 2. The quantitative estimate of drug-likeness (QED) is 0.825. The number of nitrogens with one attached hydrogen (secondary N) is 1. The molecule has 2 rings (SSSR count). The van der Waals surface area contributed by atoms with E-state index in [1.54, 1.807) is 46.8 Å². The molecule has 8 nitrogen and oxygen atoms in total. The van der Waals surface area contributed by atoms with E-state index in [0.717, 1.165) is 0 Å². The van der Waals surface area contributed by atoms with Gasteiger partial charge in [-0.1, -0.05) is 31.0 Å². The molecule has 1 N–H and O–H groups in total. The Morgan fingerprint density at radius 2 is 1.54 bits per heavy atom. The number of rotatable bonds is 4. The molecular weight excluding hydrogens is 340 g/mol. The molecule has 0 spiro atoms. The molecule has 8 heteroatoms. The number of fused-ring (bicyclic) bond motifs is 1. The van der Waals surface area contributed by atoms with Gasteiger partial charge < -0.3 is 14.9 Å². The van der Waals surface area contributed by atoms with E-state index in [2.05, 4.69) is 5.32 Å². The van der Waals surface area contributed by atoms with Gasteiger partial charge in [-0.15, -0.1) is 0 Å². The first-order chi connectivity index (χ1) is 12.0. The van der Waals surface area contributed by atoms with Gasteiger partial charge in [-0.25, -0.2) is 9.59 Å². The predicted octanol–water partition coefficient (Wildman–Crippen LogP) is 2.29. The molecule has 1 aliphatic rings. The Kier molecular flexibility index (Phi) is 5.34. The van der Waals surface area contributed by atoms with Crippen molar-refractivity contribution in [3.8, 4) is 0 Å². The van der Waals surface area contributed by atoms with Gasteiger partial charge in [0, 0.05) is 0 Å². The lowest BCUT2D eigenvalue weighted by Gasteiger charge is -2.25. The second-order valence-electron chi connectivity index (χ2n) is 7.23. The first kappa shape index (κ1) is 19.4. The van der Waals surface area contributed by atoms with Crippen LogP contribution in [0.4, 0.5) is 4.79 Å². The van der Waals surface area contributed by atoms with Gasteiger partial charge >= 0.3 is 12.1 Å². The number of benzene rings is 1. The van der Waals surface area contributed by atoms with Crippen LogP contribution in [0.25, 0.3) is 0 Å². The summed E-state index contributed by atoms with van der Waals surface area (Å²) < 4.78 is 5.13. The molecule has 0 aromatic heterocycles. The first-order valence-corrected chi connectivity index (χ1v) is 8.20. The summed E-state index contributed by atoms with van der Waals surface area (Å²) in [6.07, 6.45) is -0.796. The molecule has 1 aromatic rings. The van der Waals surface area contributed by atoms with Gasteiger partial charge in [0.25, 0.3) is 11.8 Å². The SMILES string of the molecule is CC(C)[C@@H](NC(=O)OC(C)(C)C)C(=O)ON1C(=O)c2ccccc2C1=O. The highest BCUT2D eigenvalue weighted by molar-refractivity contribution is 6.20. The summed E-state index contributed by atoms with van der Waals surface area (Å²) in [5.41, 5.74) is -0.420. The molecule has 0 saturated heterocycles. The molecule has 140 valence electrons. The second kappa shape index (κ2) is 7.15. The third-order valence-electron chi connectivity index (χ3n) is 3.53. The van der Waals surface area contributed by atoms with E-state index in [0.29, 0.717) is 5.06 Å². The van der Waals surface area contributed by atoms with Gasteiger partial charge in [-0.3, -0.25) is 9.59 Å². The highest BCUT2D eigenvalue weighted by Crippen LogP contribution is 2.23. The highest BCUT2D eigenvalue weighted by atomic mass is 16.7. The zero-order valence-corrected chi connectivity index (χ0v) is 15.4. The number of alkyl carbamates (subject to hydrolysis) is 1. The Bertz CT molecular complexity index is 715. The van der Waals surface area contributed by atoms with Crippen LogP contribution < -0.4 is 5.32 Å². The van der Waals surface area contributed by atoms with Crippen LogP contribution in [0.5, 0.6) is 0 Å². The van der Waals surface area contributed by atoms with Crippen LogP contribution in [0.3, 0.4) is 0 Å². The van der Waals surface area contributed by atoms with Crippen molar-refractivity contribution in [1.82, 2.24) is 10.4 Å². The van der Waals surface area contributed by atoms with Gasteiger partial charge in [0.05, 0.1) is 11.1 Å². The summed E-state index contributed by atoms with van der Waals surface area (Å²) in [4.78, 5) is 53.9. The lowest BCUT2D eigenvalue weighted by molar-refractivity contribution is -0.172. The van der Waals surface area contributed by atoms with Gasteiger partial charge in [0.2, 0.25) is 0 Å². The van der Waals surface area contributed by atoms with E-state index in [4.69, 9.17) is 9.57 Å². The number of amides is 3. The van der Waals surface area contributed by atoms with Crippen LogP contribution in [-0.2, 0) is 14.4 Å². The van der Waals surface area contributed by atoms with Crippen LogP contribution in [0.1, 0.15) is 55.3 Å². The fraction of sp³-hybridized carbons (Fsp3) is 0.444. The molecule has 0 aliphatic carbocycles. The number of imide groups is 1. The molecule has 0 fully saturated rings. The normalized spacial score (nSPS) is 14.9. The monoisotopic (exact) mass is 362 g/mol. The average molecular weight is 362 g/mol. The molecule has 1 atom stereocenters. The maximum Gasteiger partial charge on any atom is 0.408 e. The van der Waals surface area contributed by atoms with Crippen molar-refractivity contribution in [1.29, 1.82) is 0 Å². The Morgan fingerprint density at radius 1 is 1.04 bits per heavy atom. The second-order valence-corrected chi connectivity index (χ2v) is 7.23. The fourth-order valence-electron chi connectivity index (χ4n) is 2.33. The van der Waals surface area contributed by atoms with Crippen LogP contribution in [0.15, 0.2) is 24.3 Å². The van der Waals surface area contributed by atoms with Crippen molar-refractivity contribution in [2.75, 3.05) is 0 Å². The molecule has 1 heterocycles.